The van der Waals surface area contributed by atoms with Gasteiger partial charge in [-0.25, -0.2) is 19.6 Å². The minimum atomic E-state index is -4.64. The quantitative estimate of drug-likeness (QED) is 0.0322. The molecule has 0 aromatic carbocycles. The van der Waals surface area contributed by atoms with Crippen LogP contribution in [0, 0.1) is 45.3 Å². The van der Waals surface area contributed by atoms with Crippen LogP contribution < -0.4 is 21.3 Å². The molecule has 19 nitrogen and oxygen atoms in total. The predicted molar refractivity (Wildman–Crippen MR) is 339 cm³/mol. The average molecular weight is 1290 g/mol. The van der Waals surface area contributed by atoms with Gasteiger partial charge >= 0.3 is 18.1 Å². The lowest BCUT2D eigenvalue weighted by Gasteiger charge is -2.31. The molecule has 2 saturated carbocycles. The monoisotopic (exact) mass is 1290 g/mol. The molecule has 0 unspecified atom stereocenters. The van der Waals surface area contributed by atoms with E-state index in [2.05, 4.69) is 62.4 Å². The van der Waals surface area contributed by atoms with Crippen molar-refractivity contribution in [3.05, 3.63) is 82.4 Å². The fourth-order valence-corrected chi connectivity index (χ4v) is 11.7. The van der Waals surface area contributed by atoms with Gasteiger partial charge in [0.1, 0.15) is 17.2 Å². The lowest BCUT2D eigenvalue weighted by Crippen LogP contribution is -2.42. The number of carbonyl (C=O) groups excluding carboxylic acids is 2. The van der Waals surface area contributed by atoms with Crippen molar-refractivity contribution in [3.63, 3.8) is 0 Å². The number of carbonyl (C=O) groups is 3. The molecule has 24 heteroatoms. The van der Waals surface area contributed by atoms with Crippen molar-refractivity contribution < 1.29 is 56.3 Å². The third kappa shape index (κ3) is 24.5. The standard InChI is InChI=1S/C34H48ClN5O4.C30H40ClN5O4.C2HF3O/c1-23(20-43-24(2)32(41)44-33(3,4)5)39-26-11-9-25(10-12-26)17-27-18-28(29(35)19-37-27)30-7-6-8-31(40-30)38-22-34(21-36)13-15-42-16-14-34;1-20(17-40-21(2)29(37)38)35-23-8-6-22(7-9-23)14-24-15-25(26(31)16-33-24)27-4-3-5-28(36-27)34-19-30(18-32)10-12-39-13-11-30;3-2(4,5)1-6/h6-8,18-19,23-26,39H,9-17,20,22H2,1-5H3,(H,38,40);3-5,15-16,20-23,35H,6-14,17,19H2,1-2H3,(H,34,36)(H,37,38);1H/t23-,24+,25?,26?;20-,21+,22?,23?;/m00./s1. The Balaban J connectivity index is 0.000000263. The number of halogens is 5. The molecule has 0 spiro atoms. The molecule has 5 N–H and O–H groups in total. The van der Waals surface area contributed by atoms with Crippen molar-refractivity contribution in [3.8, 4) is 34.7 Å². The number of nitriles is 2. The number of nitrogens with one attached hydrogen (secondary N) is 4. The van der Waals surface area contributed by atoms with Crippen LogP contribution in [0.1, 0.15) is 137 Å². The summed E-state index contributed by atoms with van der Waals surface area (Å²) in [7, 11) is 0. The Hall–Kier alpha value is -6.08. The topological polar surface area (TPSA) is 265 Å². The number of carboxylic acids is 1. The molecule has 0 bridgehead atoms. The van der Waals surface area contributed by atoms with Gasteiger partial charge in [0, 0.05) is 98.6 Å². The van der Waals surface area contributed by atoms with Gasteiger partial charge in [-0.3, -0.25) is 14.8 Å². The largest absolute Gasteiger partial charge is 0.479 e. The van der Waals surface area contributed by atoms with Crippen LogP contribution in [0.4, 0.5) is 24.8 Å². The Morgan fingerprint density at radius 3 is 1.43 bits per heavy atom. The van der Waals surface area contributed by atoms with Crippen molar-refractivity contribution in [2.24, 2.45) is 22.7 Å². The van der Waals surface area contributed by atoms with Gasteiger partial charge in [0.05, 0.1) is 57.6 Å². The van der Waals surface area contributed by atoms with Gasteiger partial charge in [-0.15, -0.1) is 0 Å². The summed E-state index contributed by atoms with van der Waals surface area (Å²) in [6.07, 6.45) is 9.73. The third-order valence-corrected chi connectivity index (χ3v) is 17.2. The lowest BCUT2D eigenvalue weighted by molar-refractivity contribution is -0.167. The summed E-state index contributed by atoms with van der Waals surface area (Å²) < 4.78 is 58.7. The molecular formula is C66H89Cl2F3N10O9. The molecule has 4 aliphatic rings. The van der Waals surface area contributed by atoms with Crippen LogP contribution in [0.3, 0.4) is 0 Å². The summed E-state index contributed by atoms with van der Waals surface area (Å²) in [4.78, 5) is 50.7. The zero-order valence-corrected chi connectivity index (χ0v) is 54.3. The number of pyridine rings is 4. The number of aromatic nitrogens is 4. The normalized spacial score (nSPS) is 21.1. The first-order chi connectivity index (χ1) is 42.8. The molecule has 4 fully saturated rings. The number of carboxylic acid groups (broad SMARTS) is 1. The first-order valence-electron chi connectivity index (χ1n) is 31.2. The molecule has 492 valence electrons. The number of rotatable bonds is 24. The summed E-state index contributed by atoms with van der Waals surface area (Å²) >= 11 is 13.2. The van der Waals surface area contributed by atoms with Crippen LogP contribution in [0.25, 0.3) is 22.5 Å². The van der Waals surface area contributed by atoms with E-state index in [9.17, 15) is 33.3 Å². The highest BCUT2D eigenvalue weighted by molar-refractivity contribution is 6.33. The number of anilines is 2. The van der Waals surface area contributed by atoms with Gasteiger partial charge in [0.2, 0.25) is 6.29 Å². The number of alkyl halides is 3. The van der Waals surface area contributed by atoms with Crippen LogP contribution in [0.15, 0.2) is 60.9 Å². The molecule has 2 saturated heterocycles. The minimum Gasteiger partial charge on any atom is -0.479 e. The van der Waals surface area contributed by atoms with E-state index < -0.39 is 47.1 Å². The van der Waals surface area contributed by atoms with Crippen LogP contribution in [-0.2, 0) is 50.9 Å². The molecule has 2 aliphatic heterocycles. The Bertz CT molecular complexity index is 3010. The number of aliphatic carboxylic acids is 1. The Kier molecular flexibility index (Phi) is 28.5. The summed E-state index contributed by atoms with van der Waals surface area (Å²) in [5, 5.41) is 43.6. The van der Waals surface area contributed by atoms with Crippen molar-refractivity contribution >= 4 is 53.1 Å². The van der Waals surface area contributed by atoms with Gasteiger partial charge in [0.15, 0.2) is 12.2 Å². The first kappa shape index (κ1) is 73.0. The highest BCUT2D eigenvalue weighted by Crippen LogP contribution is 2.36. The van der Waals surface area contributed by atoms with E-state index in [1.807, 2.05) is 64.1 Å². The zero-order valence-electron chi connectivity index (χ0n) is 52.8. The maximum Gasteiger partial charge on any atom is 0.446 e. The Morgan fingerprint density at radius 1 is 0.689 bits per heavy atom. The zero-order chi connectivity index (χ0) is 65.5. The fourth-order valence-electron chi connectivity index (χ4n) is 11.3. The molecule has 0 amide bonds. The van der Waals surface area contributed by atoms with Crippen molar-refractivity contribution in [2.75, 3.05) is 63.4 Å². The van der Waals surface area contributed by atoms with Gasteiger partial charge in [-0.1, -0.05) is 35.3 Å². The fraction of sp³-hybridized carbons (Fsp3) is 0.621. The van der Waals surface area contributed by atoms with Crippen LogP contribution in [0.2, 0.25) is 10.0 Å². The molecule has 2 aliphatic carbocycles. The summed E-state index contributed by atoms with van der Waals surface area (Å²) in [6, 6.07) is 21.8. The van der Waals surface area contributed by atoms with Crippen LogP contribution in [0.5, 0.6) is 0 Å². The molecule has 4 aromatic rings. The second-order valence-corrected chi connectivity index (χ2v) is 26.1. The van der Waals surface area contributed by atoms with E-state index in [0.717, 1.165) is 123 Å². The van der Waals surface area contributed by atoms with E-state index in [0.29, 0.717) is 99.5 Å². The number of esters is 1. The smallest absolute Gasteiger partial charge is 0.446 e. The summed E-state index contributed by atoms with van der Waals surface area (Å²) in [5.41, 5.74) is 3.92. The van der Waals surface area contributed by atoms with E-state index >= 15 is 0 Å². The second kappa shape index (κ2) is 35.1. The Labute approximate surface area is 537 Å². The van der Waals surface area contributed by atoms with Crippen molar-refractivity contribution in [1.29, 1.82) is 10.5 Å². The van der Waals surface area contributed by atoms with Gasteiger partial charge < -0.3 is 50.1 Å². The van der Waals surface area contributed by atoms with Crippen molar-refractivity contribution in [1.82, 2.24) is 30.6 Å². The maximum atomic E-state index is 12.2. The number of aldehydes is 1. The summed E-state index contributed by atoms with van der Waals surface area (Å²) in [6.45, 7) is 17.3. The number of ether oxygens (including phenoxy) is 5. The third-order valence-electron chi connectivity index (χ3n) is 16.6. The molecule has 4 atom stereocenters. The highest BCUT2D eigenvalue weighted by Gasteiger charge is 2.35. The van der Waals surface area contributed by atoms with Crippen LogP contribution in [-0.4, -0.2) is 144 Å². The number of nitrogens with zero attached hydrogens (tertiary/aromatic N) is 6. The minimum absolute atomic E-state index is 0.101. The van der Waals surface area contributed by atoms with Crippen LogP contribution >= 0.6 is 23.2 Å². The SMILES string of the molecule is C[C@@H](CO[C@H](C)C(=O)O)NC1CCC(Cc2cc(-c3cccc(NCC4(C#N)CCOCC4)n3)c(Cl)cn2)CC1.C[C@@H](CO[C@H](C)C(=O)OC(C)(C)C)NC1CCC(Cc2cc(-c3cccc(NCC4(C#N)CCOCC4)n3)c(Cl)cn2)CC1.O=CC(F)(F)F. The number of hydrogen-bond acceptors (Lipinski definition) is 18. The second-order valence-electron chi connectivity index (χ2n) is 25.3. The predicted octanol–water partition coefficient (Wildman–Crippen LogP) is 12.2. The molecular weight excluding hydrogens is 1200 g/mol. The molecule has 90 heavy (non-hydrogen) atoms. The van der Waals surface area contributed by atoms with E-state index in [1.165, 1.54) is 0 Å². The lowest BCUT2D eigenvalue weighted by atomic mass is 9.82. The molecule has 6 heterocycles. The Morgan fingerprint density at radius 2 is 1.08 bits per heavy atom. The molecule has 8 rings (SSSR count). The highest BCUT2D eigenvalue weighted by atomic mass is 35.5. The van der Waals surface area contributed by atoms with Crippen molar-refractivity contribution in [2.45, 2.75) is 187 Å². The van der Waals surface area contributed by atoms with E-state index in [4.69, 9.17) is 66.8 Å². The van der Waals surface area contributed by atoms with Gasteiger partial charge in [-0.05, 0) is 187 Å². The van der Waals surface area contributed by atoms with Gasteiger partial charge in [0.25, 0.3) is 0 Å². The summed E-state index contributed by atoms with van der Waals surface area (Å²) in [5.74, 6) is 1.27. The molecule has 4 aromatic heterocycles. The van der Waals surface area contributed by atoms with E-state index in [-0.39, 0.29) is 18.1 Å². The molecule has 0 radical (unpaired) electrons. The average Bonchev–Trinajstić information content (AvgIpc) is 1.61. The maximum absolute atomic E-state index is 12.2. The first-order valence-corrected chi connectivity index (χ1v) is 32.0. The van der Waals surface area contributed by atoms with E-state index in [1.54, 1.807) is 26.2 Å². The van der Waals surface area contributed by atoms with Gasteiger partial charge in [-0.2, -0.15) is 23.7 Å². The number of hydrogen-bond donors (Lipinski definition) is 5.